The molecule has 0 aliphatic heterocycles. The van der Waals surface area contributed by atoms with Gasteiger partial charge in [-0.15, -0.1) is 10.2 Å². The van der Waals surface area contributed by atoms with Crippen LogP contribution in [0.25, 0.3) is 5.69 Å². The van der Waals surface area contributed by atoms with Crippen molar-refractivity contribution in [1.29, 1.82) is 0 Å². The second-order valence-electron chi connectivity index (χ2n) is 4.67. The van der Waals surface area contributed by atoms with Crippen molar-refractivity contribution in [3.8, 4) is 5.69 Å². The Morgan fingerprint density at radius 3 is 2.30 bits per heavy atom. The molecule has 3 rings (SSSR count). The molecule has 0 radical (unpaired) electrons. The predicted octanol–water partition coefficient (Wildman–Crippen LogP) is 2.51. The molecular formula is C16H16N4. The van der Waals surface area contributed by atoms with Crippen LogP contribution in [0.1, 0.15) is 17.4 Å². The second-order valence-corrected chi connectivity index (χ2v) is 4.67. The molecule has 0 bridgehead atoms. The lowest BCUT2D eigenvalue weighted by molar-refractivity contribution is 0.675. The van der Waals surface area contributed by atoms with Gasteiger partial charge in [-0.3, -0.25) is 4.57 Å². The van der Waals surface area contributed by atoms with Crippen molar-refractivity contribution >= 4 is 0 Å². The summed E-state index contributed by atoms with van der Waals surface area (Å²) in [5, 5.41) is 8.19. The van der Waals surface area contributed by atoms with E-state index in [9.17, 15) is 0 Å². The van der Waals surface area contributed by atoms with Gasteiger partial charge in [-0.2, -0.15) is 0 Å². The molecule has 0 amide bonds. The maximum Gasteiger partial charge on any atom is 0.139 e. The van der Waals surface area contributed by atoms with E-state index in [1.807, 2.05) is 65.2 Å². The van der Waals surface area contributed by atoms with Gasteiger partial charge in [0.25, 0.3) is 0 Å². The van der Waals surface area contributed by atoms with E-state index in [-0.39, 0.29) is 6.04 Å². The third-order valence-corrected chi connectivity index (χ3v) is 3.28. The fourth-order valence-electron chi connectivity index (χ4n) is 2.22. The summed E-state index contributed by atoms with van der Waals surface area (Å²) in [4.78, 5) is 0. The SMILES string of the molecule is NC(Cc1nncn1-c1ccccc1)c1ccccc1. The summed E-state index contributed by atoms with van der Waals surface area (Å²) >= 11 is 0. The van der Waals surface area contributed by atoms with Gasteiger partial charge in [-0.1, -0.05) is 48.5 Å². The van der Waals surface area contributed by atoms with Gasteiger partial charge in [0.1, 0.15) is 12.2 Å². The van der Waals surface area contributed by atoms with Gasteiger partial charge in [0.2, 0.25) is 0 Å². The quantitative estimate of drug-likeness (QED) is 0.787. The lowest BCUT2D eigenvalue weighted by atomic mass is 10.0. The zero-order valence-electron chi connectivity index (χ0n) is 11.1. The van der Waals surface area contributed by atoms with E-state index in [2.05, 4.69) is 10.2 Å². The van der Waals surface area contributed by atoms with E-state index in [1.165, 1.54) is 0 Å². The van der Waals surface area contributed by atoms with E-state index in [0.29, 0.717) is 6.42 Å². The molecule has 2 N–H and O–H groups in total. The summed E-state index contributed by atoms with van der Waals surface area (Å²) in [6.07, 6.45) is 2.38. The van der Waals surface area contributed by atoms with E-state index in [4.69, 9.17) is 5.73 Å². The van der Waals surface area contributed by atoms with Crippen LogP contribution in [0.3, 0.4) is 0 Å². The van der Waals surface area contributed by atoms with Crippen LogP contribution in [0.5, 0.6) is 0 Å². The van der Waals surface area contributed by atoms with Crippen LogP contribution in [-0.4, -0.2) is 14.8 Å². The van der Waals surface area contributed by atoms with Crippen molar-refractivity contribution < 1.29 is 0 Å². The standard InChI is InChI=1S/C16H16N4/c17-15(13-7-3-1-4-8-13)11-16-19-18-12-20(16)14-9-5-2-6-10-14/h1-10,12,15H,11,17H2. The number of aromatic nitrogens is 3. The molecule has 0 aliphatic rings. The van der Waals surface area contributed by atoms with Gasteiger partial charge in [0, 0.05) is 18.2 Å². The minimum absolute atomic E-state index is 0.0807. The minimum atomic E-state index is -0.0807. The zero-order chi connectivity index (χ0) is 13.8. The minimum Gasteiger partial charge on any atom is -0.324 e. The number of nitrogens with two attached hydrogens (primary N) is 1. The van der Waals surface area contributed by atoms with Crippen LogP contribution in [-0.2, 0) is 6.42 Å². The number of rotatable bonds is 4. The molecule has 1 unspecified atom stereocenters. The van der Waals surface area contributed by atoms with Crippen LogP contribution in [0.4, 0.5) is 0 Å². The maximum absolute atomic E-state index is 6.25. The van der Waals surface area contributed by atoms with Gasteiger partial charge < -0.3 is 5.73 Å². The second kappa shape index (κ2) is 5.67. The molecule has 4 nitrogen and oxygen atoms in total. The lowest BCUT2D eigenvalue weighted by Crippen LogP contribution is -2.16. The Labute approximate surface area is 117 Å². The summed E-state index contributed by atoms with van der Waals surface area (Å²) in [5.41, 5.74) is 8.41. The highest BCUT2D eigenvalue weighted by Gasteiger charge is 2.12. The monoisotopic (exact) mass is 264 g/mol. The highest BCUT2D eigenvalue weighted by molar-refractivity contribution is 5.32. The van der Waals surface area contributed by atoms with Crippen LogP contribution < -0.4 is 5.73 Å². The van der Waals surface area contributed by atoms with Gasteiger partial charge in [0.15, 0.2) is 0 Å². The summed E-state index contributed by atoms with van der Waals surface area (Å²) < 4.78 is 1.98. The Bertz CT molecular complexity index is 661. The molecule has 3 aromatic rings. The number of benzene rings is 2. The summed E-state index contributed by atoms with van der Waals surface area (Å²) in [7, 11) is 0. The first-order valence-corrected chi connectivity index (χ1v) is 6.59. The molecule has 1 heterocycles. The molecule has 4 heteroatoms. The van der Waals surface area contributed by atoms with Crippen LogP contribution in [0.15, 0.2) is 67.0 Å². The van der Waals surface area contributed by atoms with Crippen LogP contribution in [0, 0.1) is 0 Å². The van der Waals surface area contributed by atoms with Gasteiger partial charge >= 0.3 is 0 Å². The maximum atomic E-state index is 6.25. The Balaban J connectivity index is 1.84. The molecule has 2 aromatic carbocycles. The van der Waals surface area contributed by atoms with E-state index >= 15 is 0 Å². The molecule has 0 fully saturated rings. The summed E-state index contributed by atoms with van der Waals surface area (Å²) in [6, 6.07) is 20.0. The number of para-hydroxylation sites is 1. The fourth-order valence-corrected chi connectivity index (χ4v) is 2.22. The third kappa shape index (κ3) is 2.60. The van der Waals surface area contributed by atoms with E-state index in [0.717, 1.165) is 17.1 Å². The van der Waals surface area contributed by atoms with E-state index in [1.54, 1.807) is 6.33 Å². The number of hydrogen-bond acceptors (Lipinski definition) is 3. The normalized spacial score (nSPS) is 12.2. The Hall–Kier alpha value is -2.46. The van der Waals surface area contributed by atoms with Crippen molar-refractivity contribution in [2.24, 2.45) is 5.73 Å². The molecule has 1 atom stereocenters. The van der Waals surface area contributed by atoms with Crippen molar-refractivity contribution in [2.75, 3.05) is 0 Å². The van der Waals surface area contributed by atoms with E-state index < -0.39 is 0 Å². The first-order valence-electron chi connectivity index (χ1n) is 6.59. The topological polar surface area (TPSA) is 56.7 Å². The summed E-state index contributed by atoms with van der Waals surface area (Å²) in [5.74, 6) is 0.868. The summed E-state index contributed by atoms with van der Waals surface area (Å²) in [6.45, 7) is 0. The largest absolute Gasteiger partial charge is 0.324 e. The number of nitrogens with zero attached hydrogens (tertiary/aromatic N) is 3. The smallest absolute Gasteiger partial charge is 0.139 e. The van der Waals surface area contributed by atoms with Crippen LogP contribution >= 0.6 is 0 Å². The van der Waals surface area contributed by atoms with Gasteiger partial charge in [-0.25, -0.2) is 0 Å². The van der Waals surface area contributed by atoms with Crippen molar-refractivity contribution in [3.05, 3.63) is 78.4 Å². The first kappa shape index (κ1) is 12.6. The van der Waals surface area contributed by atoms with Gasteiger partial charge in [0.05, 0.1) is 0 Å². The third-order valence-electron chi connectivity index (χ3n) is 3.28. The average Bonchev–Trinajstić information content (AvgIpc) is 2.97. The highest BCUT2D eigenvalue weighted by atomic mass is 15.3. The van der Waals surface area contributed by atoms with Gasteiger partial charge in [-0.05, 0) is 17.7 Å². The van der Waals surface area contributed by atoms with Crippen molar-refractivity contribution in [2.45, 2.75) is 12.5 Å². The fraction of sp³-hybridized carbons (Fsp3) is 0.125. The molecule has 0 spiro atoms. The Morgan fingerprint density at radius 1 is 0.950 bits per heavy atom. The molecule has 0 saturated carbocycles. The predicted molar refractivity (Wildman–Crippen MR) is 78.4 cm³/mol. The molecule has 1 aromatic heterocycles. The molecular weight excluding hydrogens is 248 g/mol. The Morgan fingerprint density at radius 2 is 1.60 bits per heavy atom. The molecule has 100 valence electrons. The molecule has 0 aliphatic carbocycles. The average molecular weight is 264 g/mol. The highest BCUT2D eigenvalue weighted by Crippen LogP contribution is 2.16. The van der Waals surface area contributed by atoms with Crippen molar-refractivity contribution in [3.63, 3.8) is 0 Å². The zero-order valence-corrected chi connectivity index (χ0v) is 11.1. The molecule has 20 heavy (non-hydrogen) atoms. The van der Waals surface area contributed by atoms with Crippen molar-refractivity contribution in [1.82, 2.24) is 14.8 Å². The number of hydrogen-bond donors (Lipinski definition) is 1. The lowest BCUT2D eigenvalue weighted by Gasteiger charge is -2.12. The molecule has 0 saturated heterocycles. The Kier molecular flexibility index (Phi) is 3.56. The first-order chi connectivity index (χ1) is 9.84. The van der Waals surface area contributed by atoms with Crippen LogP contribution in [0.2, 0.25) is 0 Å².